The first-order chi connectivity index (χ1) is 5.72. The van der Waals surface area contributed by atoms with E-state index in [1.165, 1.54) is 0 Å². The SMILES string of the molecule is CC(C)(C)OC(=O)C[C@@H]([NH3+])C(=O)O. The van der Waals surface area contributed by atoms with E-state index in [0.717, 1.165) is 0 Å². The predicted molar refractivity (Wildman–Crippen MR) is 44.8 cm³/mol. The van der Waals surface area contributed by atoms with E-state index >= 15 is 0 Å². The molecule has 0 radical (unpaired) electrons. The Morgan fingerprint density at radius 2 is 1.92 bits per heavy atom. The molecule has 0 unspecified atom stereocenters. The second-order valence-corrected chi connectivity index (χ2v) is 3.83. The van der Waals surface area contributed by atoms with Gasteiger partial charge in [0.1, 0.15) is 12.0 Å². The molecule has 76 valence electrons. The first kappa shape index (κ1) is 11.9. The van der Waals surface area contributed by atoms with E-state index in [1.54, 1.807) is 20.8 Å². The Bertz CT molecular complexity index is 207. The normalized spacial score (nSPS) is 13.5. The molecule has 0 aromatic rings. The number of carboxylic acid groups (broad SMARTS) is 1. The topological polar surface area (TPSA) is 91.2 Å². The number of hydrogen-bond donors (Lipinski definition) is 2. The van der Waals surface area contributed by atoms with E-state index in [1.807, 2.05) is 0 Å². The Labute approximate surface area is 76.9 Å². The van der Waals surface area contributed by atoms with Gasteiger partial charge in [0.25, 0.3) is 0 Å². The van der Waals surface area contributed by atoms with Crippen LogP contribution in [0.5, 0.6) is 0 Å². The maximum absolute atomic E-state index is 11.0. The summed E-state index contributed by atoms with van der Waals surface area (Å²) in [7, 11) is 0. The van der Waals surface area contributed by atoms with E-state index in [4.69, 9.17) is 9.84 Å². The number of carboxylic acids is 1. The number of quaternary nitrogens is 1. The Hall–Kier alpha value is -1.10. The fourth-order valence-corrected chi connectivity index (χ4v) is 0.672. The van der Waals surface area contributed by atoms with E-state index in [9.17, 15) is 9.59 Å². The van der Waals surface area contributed by atoms with Gasteiger partial charge in [0.2, 0.25) is 0 Å². The zero-order valence-corrected chi connectivity index (χ0v) is 8.16. The minimum Gasteiger partial charge on any atom is -0.477 e. The minimum atomic E-state index is -1.09. The van der Waals surface area contributed by atoms with Crippen molar-refractivity contribution in [2.75, 3.05) is 0 Å². The third-order valence-corrected chi connectivity index (χ3v) is 1.18. The van der Waals surface area contributed by atoms with Gasteiger partial charge in [0.15, 0.2) is 6.04 Å². The van der Waals surface area contributed by atoms with Crippen molar-refractivity contribution in [3.63, 3.8) is 0 Å². The molecule has 5 nitrogen and oxygen atoms in total. The smallest absolute Gasteiger partial charge is 0.362 e. The molecule has 0 saturated heterocycles. The largest absolute Gasteiger partial charge is 0.477 e. The van der Waals surface area contributed by atoms with Crippen molar-refractivity contribution >= 4 is 11.9 Å². The average Bonchev–Trinajstić information content (AvgIpc) is 1.81. The summed E-state index contributed by atoms with van der Waals surface area (Å²) >= 11 is 0. The highest BCUT2D eigenvalue weighted by Gasteiger charge is 2.24. The Morgan fingerprint density at radius 1 is 1.46 bits per heavy atom. The number of rotatable bonds is 3. The minimum absolute atomic E-state index is 0.188. The van der Waals surface area contributed by atoms with Gasteiger partial charge in [-0.05, 0) is 20.8 Å². The standard InChI is InChI=1S/C8H15NO4/c1-8(2,3)13-6(10)4-5(9)7(11)12/h5H,4,9H2,1-3H3,(H,11,12)/p+1/t5-/m1/s1. The van der Waals surface area contributed by atoms with Crippen molar-refractivity contribution in [2.45, 2.75) is 38.8 Å². The third kappa shape index (κ3) is 6.10. The van der Waals surface area contributed by atoms with E-state index < -0.39 is 23.6 Å². The quantitative estimate of drug-likeness (QED) is 0.582. The molecule has 0 aromatic carbocycles. The van der Waals surface area contributed by atoms with Gasteiger partial charge in [-0.1, -0.05) is 0 Å². The van der Waals surface area contributed by atoms with Crippen LogP contribution < -0.4 is 5.73 Å². The van der Waals surface area contributed by atoms with Crippen molar-refractivity contribution in [2.24, 2.45) is 0 Å². The lowest BCUT2D eigenvalue weighted by Crippen LogP contribution is -2.65. The molecule has 1 atom stereocenters. The van der Waals surface area contributed by atoms with Crippen LogP contribution >= 0.6 is 0 Å². The average molecular weight is 190 g/mol. The van der Waals surface area contributed by atoms with Gasteiger partial charge in [-0.15, -0.1) is 0 Å². The van der Waals surface area contributed by atoms with E-state index in [0.29, 0.717) is 0 Å². The zero-order chi connectivity index (χ0) is 10.6. The van der Waals surface area contributed by atoms with Crippen LogP contribution in [0.3, 0.4) is 0 Å². The molecule has 0 saturated carbocycles. The summed E-state index contributed by atoms with van der Waals surface area (Å²) in [6.45, 7) is 5.18. The maximum atomic E-state index is 11.0. The van der Waals surface area contributed by atoms with Gasteiger partial charge in [0.05, 0.1) is 0 Å². The van der Waals surface area contributed by atoms with Crippen LogP contribution in [0.25, 0.3) is 0 Å². The monoisotopic (exact) mass is 190 g/mol. The molecule has 13 heavy (non-hydrogen) atoms. The second kappa shape index (κ2) is 4.23. The first-order valence-electron chi connectivity index (χ1n) is 4.00. The number of aliphatic carboxylic acids is 1. The van der Waals surface area contributed by atoms with Crippen LogP contribution in [-0.4, -0.2) is 28.7 Å². The van der Waals surface area contributed by atoms with Gasteiger partial charge in [-0.25, -0.2) is 4.79 Å². The fraction of sp³-hybridized carbons (Fsp3) is 0.750. The highest BCUT2D eigenvalue weighted by Crippen LogP contribution is 2.08. The summed E-state index contributed by atoms with van der Waals surface area (Å²) in [5.74, 6) is -1.62. The Kier molecular flexibility index (Phi) is 3.87. The van der Waals surface area contributed by atoms with Gasteiger partial charge in [-0.3, -0.25) is 4.79 Å². The van der Waals surface area contributed by atoms with E-state index in [2.05, 4.69) is 5.73 Å². The van der Waals surface area contributed by atoms with Crippen LogP contribution in [0, 0.1) is 0 Å². The summed E-state index contributed by atoms with van der Waals surface area (Å²) in [6.07, 6.45) is -0.188. The van der Waals surface area contributed by atoms with E-state index in [-0.39, 0.29) is 6.42 Å². The highest BCUT2D eigenvalue weighted by molar-refractivity contribution is 5.80. The van der Waals surface area contributed by atoms with Crippen molar-refractivity contribution in [1.29, 1.82) is 0 Å². The first-order valence-corrected chi connectivity index (χ1v) is 4.00. The Morgan fingerprint density at radius 3 is 2.23 bits per heavy atom. The van der Waals surface area contributed by atoms with Crippen molar-refractivity contribution < 1.29 is 25.2 Å². The molecule has 0 rings (SSSR count). The van der Waals surface area contributed by atoms with Crippen LogP contribution in [0.2, 0.25) is 0 Å². The molecule has 4 N–H and O–H groups in total. The number of hydrogen-bond acceptors (Lipinski definition) is 3. The van der Waals surface area contributed by atoms with Gasteiger partial charge in [0, 0.05) is 0 Å². The lowest BCUT2D eigenvalue weighted by molar-refractivity contribution is -0.407. The summed E-state index contributed by atoms with van der Waals surface area (Å²) in [4.78, 5) is 21.4. The number of carbonyl (C=O) groups excluding carboxylic acids is 1. The van der Waals surface area contributed by atoms with Crippen LogP contribution in [-0.2, 0) is 14.3 Å². The highest BCUT2D eigenvalue weighted by atomic mass is 16.6. The molecular weight excluding hydrogens is 174 g/mol. The predicted octanol–water partition coefficient (Wildman–Crippen LogP) is -0.587. The molecule has 0 aliphatic rings. The maximum Gasteiger partial charge on any atom is 0.362 e. The van der Waals surface area contributed by atoms with Crippen LogP contribution in [0.1, 0.15) is 27.2 Å². The van der Waals surface area contributed by atoms with Gasteiger partial charge >= 0.3 is 11.9 Å². The number of esters is 1. The summed E-state index contributed by atoms with van der Waals surface area (Å²) in [5.41, 5.74) is 2.73. The zero-order valence-electron chi connectivity index (χ0n) is 8.16. The Balaban J connectivity index is 3.96. The fourth-order valence-electron chi connectivity index (χ4n) is 0.672. The van der Waals surface area contributed by atoms with Gasteiger partial charge in [-0.2, -0.15) is 0 Å². The summed E-state index contributed by atoms with van der Waals surface area (Å²) in [5, 5.41) is 8.46. The molecule has 0 aliphatic carbocycles. The molecule has 0 aliphatic heterocycles. The molecule has 0 amide bonds. The molecule has 0 spiro atoms. The number of ether oxygens (including phenoxy) is 1. The molecule has 0 fully saturated rings. The number of carbonyl (C=O) groups is 2. The van der Waals surface area contributed by atoms with Crippen molar-refractivity contribution in [3.8, 4) is 0 Å². The molecule has 0 aromatic heterocycles. The molecule has 0 bridgehead atoms. The van der Waals surface area contributed by atoms with Crippen LogP contribution in [0.15, 0.2) is 0 Å². The third-order valence-electron chi connectivity index (χ3n) is 1.18. The summed E-state index contributed by atoms with van der Waals surface area (Å²) < 4.78 is 4.92. The van der Waals surface area contributed by atoms with Gasteiger partial charge < -0.3 is 15.6 Å². The lowest BCUT2D eigenvalue weighted by Gasteiger charge is -2.19. The summed E-state index contributed by atoms with van der Waals surface area (Å²) in [6, 6.07) is -0.935. The molecule has 5 heteroatoms. The lowest BCUT2D eigenvalue weighted by atomic mass is 10.2. The molecule has 0 heterocycles. The molecular formula is C8H16NO4+. The van der Waals surface area contributed by atoms with Crippen LogP contribution in [0.4, 0.5) is 0 Å². The second-order valence-electron chi connectivity index (χ2n) is 3.83. The van der Waals surface area contributed by atoms with Crippen molar-refractivity contribution in [3.05, 3.63) is 0 Å². The van der Waals surface area contributed by atoms with Crippen molar-refractivity contribution in [1.82, 2.24) is 0 Å².